The second kappa shape index (κ2) is 3.77. The smallest absolute Gasteiger partial charge is 0.335 e. The molecule has 0 aliphatic carbocycles. The fourth-order valence-electron chi connectivity index (χ4n) is 0.954. The molecular formula is C8H8O5S. The number of rotatable bonds is 3. The van der Waals surface area contributed by atoms with Crippen molar-refractivity contribution >= 4 is 16.1 Å². The molecular weight excluding hydrogens is 208 g/mol. The zero-order valence-corrected chi connectivity index (χ0v) is 7.86. The van der Waals surface area contributed by atoms with Crippen LogP contribution in [0.15, 0.2) is 24.3 Å². The summed E-state index contributed by atoms with van der Waals surface area (Å²) in [5.74, 6) is -1.59. The van der Waals surface area contributed by atoms with Gasteiger partial charge in [0.25, 0.3) is 10.1 Å². The quantitative estimate of drug-likeness (QED) is 0.728. The molecule has 0 aliphatic heterocycles. The summed E-state index contributed by atoms with van der Waals surface area (Å²) in [6.45, 7) is 0. The Morgan fingerprint density at radius 2 is 1.71 bits per heavy atom. The van der Waals surface area contributed by atoms with Crippen LogP contribution >= 0.6 is 0 Å². The summed E-state index contributed by atoms with van der Waals surface area (Å²) in [5.41, 5.74) is 0.418. The van der Waals surface area contributed by atoms with Gasteiger partial charge in [0, 0.05) is 0 Å². The zero-order valence-electron chi connectivity index (χ0n) is 7.04. The summed E-state index contributed by atoms with van der Waals surface area (Å²) in [6, 6.07) is 5.25. The maximum absolute atomic E-state index is 10.5. The van der Waals surface area contributed by atoms with E-state index in [9.17, 15) is 13.2 Å². The monoisotopic (exact) mass is 216 g/mol. The number of carbonyl (C=O) groups is 1. The minimum atomic E-state index is -4.06. The highest BCUT2D eigenvalue weighted by molar-refractivity contribution is 7.85. The minimum absolute atomic E-state index is 0.0732. The second-order valence-corrected chi connectivity index (χ2v) is 4.18. The zero-order chi connectivity index (χ0) is 10.8. The summed E-state index contributed by atoms with van der Waals surface area (Å²) < 4.78 is 29.4. The number of aromatic carboxylic acids is 1. The summed E-state index contributed by atoms with van der Waals surface area (Å²) >= 11 is 0. The summed E-state index contributed by atoms with van der Waals surface area (Å²) in [4.78, 5) is 10.4. The van der Waals surface area contributed by atoms with Crippen LogP contribution in [0.5, 0.6) is 0 Å². The lowest BCUT2D eigenvalue weighted by Gasteiger charge is -1.98. The Morgan fingerprint density at radius 3 is 2.07 bits per heavy atom. The highest BCUT2D eigenvalue weighted by Crippen LogP contribution is 2.07. The number of carboxylic acid groups (broad SMARTS) is 1. The van der Waals surface area contributed by atoms with Crippen molar-refractivity contribution in [1.82, 2.24) is 0 Å². The van der Waals surface area contributed by atoms with Crippen LogP contribution in [0.2, 0.25) is 0 Å². The molecule has 14 heavy (non-hydrogen) atoms. The largest absolute Gasteiger partial charge is 0.478 e. The predicted octanol–water partition coefficient (Wildman–Crippen LogP) is 0.773. The molecule has 1 rings (SSSR count). The third-order valence-electron chi connectivity index (χ3n) is 1.55. The molecule has 76 valence electrons. The molecule has 5 nitrogen and oxygen atoms in total. The molecule has 2 N–H and O–H groups in total. The Morgan fingerprint density at radius 1 is 1.21 bits per heavy atom. The van der Waals surface area contributed by atoms with Crippen LogP contribution in [0.1, 0.15) is 15.9 Å². The van der Waals surface area contributed by atoms with E-state index in [1.165, 1.54) is 24.3 Å². The van der Waals surface area contributed by atoms with Crippen LogP contribution < -0.4 is 0 Å². The van der Waals surface area contributed by atoms with Gasteiger partial charge in [0.05, 0.1) is 5.56 Å². The van der Waals surface area contributed by atoms with Crippen molar-refractivity contribution in [1.29, 1.82) is 0 Å². The summed E-state index contributed by atoms with van der Waals surface area (Å²) in [5, 5.41) is 8.54. The summed E-state index contributed by atoms with van der Waals surface area (Å²) in [7, 11) is -4.06. The summed E-state index contributed by atoms with van der Waals surface area (Å²) in [6.07, 6.45) is 0. The van der Waals surface area contributed by atoms with Crippen molar-refractivity contribution < 1.29 is 22.9 Å². The number of carboxylic acids is 1. The van der Waals surface area contributed by atoms with E-state index in [1.54, 1.807) is 0 Å². The Bertz CT molecular complexity index is 431. The van der Waals surface area contributed by atoms with Crippen molar-refractivity contribution in [3.05, 3.63) is 35.4 Å². The van der Waals surface area contributed by atoms with E-state index in [0.717, 1.165) is 0 Å². The van der Waals surface area contributed by atoms with Gasteiger partial charge in [-0.2, -0.15) is 8.42 Å². The SMILES string of the molecule is O=C(O)c1ccc(CS(=O)(=O)O)cc1. The first-order valence-corrected chi connectivity index (χ1v) is 5.27. The lowest BCUT2D eigenvalue weighted by molar-refractivity contribution is 0.0697. The Kier molecular flexibility index (Phi) is 2.87. The first-order valence-electron chi connectivity index (χ1n) is 3.66. The fraction of sp³-hybridized carbons (Fsp3) is 0.125. The molecule has 0 amide bonds. The van der Waals surface area contributed by atoms with E-state index < -0.39 is 21.8 Å². The molecule has 1 aromatic rings. The Balaban J connectivity index is 2.90. The number of benzene rings is 1. The van der Waals surface area contributed by atoms with Crippen LogP contribution in [0.4, 0.5) is 0 Å². The molecule has 0 fully saturated rings. The third kappa shape index (κ3) is 3.15. The molecule has 6 heteroatoms. The topological polar surface area (TPSA) is 91.7 Å². The van der Waals surface area contributed by atoms with Gasteiger partial charge in [-0.25, -0.2) is 4.79 Å². The molecule has 1 aromatic carbocycles. The van der Waals surface area contributed by atoms with Gasteiger partial charge in [0.1, 0.15) is 5.75 Å². The van der Waals surface area contributed by atoms with E-state index >= 15 is 0 Å². The van der Waals surface area contributed by atoms with Gasteiger partial charge in [-0.15, -0.1) is 0 Å². The van der Waals surface area contributed by atoms with Crippen LogP contribution in [0.25, 0.3) is 0 Å². The van der Waals surface area contributed by atoms with E-state index in [0.29, 0.717) is 5.56 Å². The molecule has 0 atom stereocenters. The van der Waals surface area contributed by atoms with Gasteiger partial charge in [-0.3, -0.25) is 4.55 Å². The van der Waals surface area contributed by atoms with Crippen molar-refractivity contribution in [3.8, 4) is 0 Å². The lowest BCUT2D eigenvalue weighted by Crippen LogP contribution is -2.02. The van der Waals surface area contributed by atoms with Gasteiger partial charge in [0.15, 0.2) is 0 Å². The molecule has 0 radical (unpaired) electrons. The van der Waals surface area contributed by atoms with Crippen molar-refractivity contribution in [3.63, 3.8) is 0 Å². The van der Waals surface area contributed by atoms with Crippen molar-refractivity contribution in [2.24, 2.45) is 0 Å². The minimum Gasteiger partial charge on any atom is -0.478 e. The maximum Gasteiger partial charge on any atom is 0.335 e. The van der Waals surface area contributed by atoms with Gasteiger partial charge >= 0.3 is 5.97 Å². The average molecular weight is 216 g/mol. The highest BCUT2D eigenvalue weighted by atomic mass is 32.2. The lowest BCUT2D eigenvalue weighted by atomic mass is 10.1. The van der Waals surface area contributed by atoms with Crippen LogP contribution in [0, 0.1) is 0 Å². The normalized spacial score (nSPS) is 11.2. The molecule has 0 saturated carbocycles. The molecule has 0 aromatic heterocycles. The third-order valence-corrected chi connectivity index (χ3v) is 2.25. The molecule has 0 unspecified atom stereocenters. The van der Waals surface area contributed by atoms with E-state index in [1.807, 2.05) is 0 Å². The van der Waals surface area contributed by atoms with Crippen LogP contribution in [0.3, 0.4) is 0 Å². The fourth-order valence-corrected chi connectivity index (χ4v) is 1.57. The van der Waals surface area contributed by atoms with Crippen LogP contribution in [-0.2, 0) is 15.9 Å². The molecule has 0 spiro atoms. The second-order valence-electron chi connectivity index (χ2n) is 2.73. The van der Waals surface area contributed by atoms with E-state index in [4.69, 9.17) is 9.66 Å². The van der Waals surface area contributed by atoms with E-state index in [2.05, 4.69) is 0 Å². The Hall–Kier alpha value is -1.40. The van der Waals surface area contributed by atoms with Gasteiger partial charge in [-0.05, 0) is 17.7 Å². The standard InChI is InChI=1S/C8H8O5S/c9-8(10)7-3-1-6(2-4-7)5-14(11,12)13/h1-4H,5H2,(H,9,10)(H,11,12,13). The van der Waals surface area contributed by atoms with Crippen molar-refractivity contribution in [2.75, 3.05) is 0 Å². The molecule has 0 saturated heterocycles. The van der Waals surface area contributed by atoms with Crippen LogP contribution in [-0.4, -0.2) is 24.0 Å². The molecule has 0 bridgehead atoms. The first kappa shape index (κ1) is 10.7. The van der Waals surface area contributed by atoms with Crippen molar-refractivity contribution in [2.45, 2.75) is 5.75 Å². The number of hydrogen-bond donors (Lipinski definition) is 2. The highest BCUT2D eigenvalue weighted by Gasteiger charge is 2.07. The predicted molar refractivity (Wildman–Crippen MR) is 48.7 cm³/mol. The average Bonchev–Trinajstić information content (AvgIpc) is 2.02. The number of hydrogen-bond acceptors (Lipinski definition) is 3. The van der Waals surface area contributed by atoms with Gasteiger partial charge in [-0.1, -0.05) is 12.1 Å². The Labute approximate surface area is 80.7 Å². The first-order chi connectivity index (χ1) is 6.38. The maximum atomic E-state index is 10.5. The van der Waals surface area contributed by atoms with Gasteiger partial charge in [0.2, 0.25) is 0 Å². The molecule has 0 aliphatic rings. The van der Waals surface area contributed by atoms with Gasteiger partial charge < -0.3 is 5.11 Å². The van der Waals surface area contributed by atoms with E-state index in [-0.39, 0.29) is 5.56 Å². The molecule has 0 heterocycles.